The van der Waals surface area contributed by atoms with Crippen molar-refractivity contribution in [2.24, 2.45) is 0 Å². The first-order chi connectivity index (χ1) is 10.6. The van der Waals surface area contributed by atoms with E-state index in [1.807, 2.05) is 33.0 Å². The molecule has 126 valence electrons. The van der Waals surface area contributed by atoms with E-state index in [1.54, 1.807) is 12.1 Å². The van der Waals surface area contributed by atoms with Crippen molar-refractivity contribution >= 4 is 18.3 Å². The molecule has 0 radical (unpaired) electrons. The third kappa shape index (κ3) is 5.62. The van der Waals surface area contributed by atoms with Crippen LogP contribution in [0.4, 0.5) is 0 Å². The highest BCUT2D eigenvalue weighted by atomic mass is 35.5. The summed E-state index contributed by atoms with van der Waals surface area (Å²) in [5.74, 6) is 1.53. The van der Waals surface area contributed by atoms with Gasteiger partial charge in [0.15, 0.2) is 5.76 Å². The summed E-state index contributed by atoms with van der Waals surface area (Å²) in [6.07, 6.45) is 0. The van der Waals surface area contributed by atoms with E-state index < -0.39 is 0 Å². The van der Waals surface area contributed by atoms with E-state index in [4.69, 9.17) is 9.15 Å². The first-order valence-electron chi connectivity index (χ1n) is 7.31. The molecule has 0 saturated heterocycles. The molecule has 23 heavy (non-hydrogen) atoms. The number of rotatable bonds is 7. The molecule has 2 aromatic rings. The summed E-state index contributed by atoms with van der Waals surface area (Å²) in [6, 6.07) is 9.44. The number of hydrogen-bond donors (Lipinski definition) is 2. The van der Waals surface area contributed by atoms with Crippen LogP contribution in [-0.2, 0) is 6.61 Å². The van der Waals surface area contributed by atoms with Crippen LogP contribution in [0.1, 0.15) is 27.4 Å². The summed E-state index contributed by atoms with van der Waals surface area (Å²) < 4.78 is 11.2. The average molecular weight is 339 g/mol. The highest BCUT2D eigenvalue weighted by Gasteiger charge is 2.11. The number of amides is 1. The number of benzene rings is 1. The number of likely N-dealkylation sites (N-methyl/N-ethyl adjacent to an activating group) is 1. The van der Waals surface area contributed by atoms with Crippen LogP contribution in [0.25, 0.3) is 0 Å². The Morgan fingerprint density at radius 3 is 2.65 bits per heavy atom. The van der Waals surface area contributed by atoms with Crippen LogP contribution in [0.3, 0.4) is 0 Å². The number of ether oxygens (including phenoxy) is 1. The molecule has 0 unspecified atom stereocenters. The fourth-order valence-corrected chi connectivity index (χ4v) is 2.08. The minimum absolute atomic E-state index is 0. The normalized spacial score (nSPS) is 10.0. The molecule has 5 nitrogen and oxygen atoms in total. The Bertz CT molecular complexity index is 641. The standard InChI is InChI=1S/C17H22N2O3.ClH/c1-12-4-6-15(13(2)10-12)21-11-14-5-7-16(22-14)17(20)19-9-8-18-3;/h4-7,10,18H,8-9,11H2,1-3H3,(H,19,20);1H. The molecule has 0 atom stereocenters. The van der Waals surface area contributed by atoms with Crippen molar-refractivity contribution in [3.63, 3.8) is 0 Å². The number of carbonyl (C=O) groups excluding carboxylic acids is 1. The maximum atomic E-state index is 11.8. The molecule has 1 aromatic carbocycles. The summed E-state index contributed by atoms with van der Waals surface area (Å²) in [5, 5.41) is 5.73. The number of halogens is 1. The molecule has 0 fully saturated rings. The van der Waals surface area contributed by atoms with Crippen LogP contribution in [0.5, 0.6) is 5.75 Å². The molecule has 1 aromatic heterocycles. The van der Waals surface area contributed by atoms with Crippen LogP contribution < -0.4 is 15.4 Å². The zero-order valence-corrected chi connectivity index (χ0v) is 14.5. The fourth-order valence-electron chi connectivity index (χ4n) is 2.08. The number of furan rings is 1. The summed E-state index contributed by atoms with van der Waals surface area (Å²) in [5.41, 5.74) is 2.28. The molecule has 6 heteroatoms. The zero-order chi connectivity index (χ0) is 15.9. The summed E-state index contributed by atoms with van der Waals surface area (Å²) >= 11 is 0. The molecular weight excluding hydrogens is 316 g/mol. The van der Waals surface area contributed by atoms with Gasteiger partial charge in [-0.1, -0.05) is 17.7 Å². The third-order valence-corrected chi connectivity index (χ3v) is 3.25. The Balaban J connectivity index is 0.00000264. The third-order valence-electron chi connectivity index (χ3n) is 3.25. The Kier molecular flexibility index (Phi) is 7.65. The average Bonchev–Trinajstić information content (AvgIpc) is 2.95. The number of aryl methyl sites for hydroxylation is 2. The molecular formula is C17H23ClN2O3. The Morgan fingerprint density at radius 2 is 1.96 bits per heavy atom. The quantitative estimate of drug-likeness (QED) is 0.762. The molecule has 2 rings (SSSR count). The van der Waals surface area contributed by atoms with Crippen LogP contribution >= 0.6 is 12.4 Å². The summed E-state index contributed by atoms with van der Waals surface area (Å²) in [6.45, 7) is 5.63. The maximum Gasteiger partial charge on any atom is 0.287 e. The van der Waals surface area contributed by atoms with Crippen LogP contribution in [0, 0.1) is 13.8 Å². The molecule has 1 amide bonds. The molecule has 0 aliphatic carbocycles. The van der Waals surface area contributed by atoms with Gasteiger partial charge in [-0.05, 0) is 44.7 Å². The van der Waals surface area contributed by atoms with E-state index in [-0.39, 0.29) is 18.3 Å². The second-order valence-corrected chi connectivity index (χ2v) is 5.18. The second-order valence-electron chi connectivity index (χ2n) is 5.18. The largest absolute Gasteiger partial charge is 0.485 e. The Morgan fingerprint density at radius 1 is 1.17 bits per heavy atom. The molecule has 0 saturated carbocycles. The molecule has 0 aliphatic rings. The van der Waals surface area contributed by atoms with Gasteiger partial charge in [-0.3, -0.25) is 4.79 Å². The van der Waals surface area contributed by atoms with Gasteiger partial charge in [0, 0.05) is 13.1 Å². The van der Waals surface area contributed by atoms with Gasteiger partial charge < -0.3 is 19.8 Å². The van der Waals surface area contributed by atoms with Gasteiger partial charge in [0.25, 0.3) is 5.91 Å². The van der Waals surface area contributed by atoms with Crippen molar-refractivity contribution in [2.45, 2.75) is 20.5 Å². The van der Waals surface area contributed by atoms with Gasteiger partial charge in [-0.2, -0.15) is 0 Å². The lowest BCUT2D eigenvalue weighted by Gasteiger charge is -2.08. The van der Waals surface area contributed by atoms with Crippen molar-refractivity contribution in [2.75, 3.05) is 20.1 Å². The van der Waals surface area contributed by atoms with Crippen molar-refractivity contribution in [3.05, 3.63) is 53.0 Å². The van der Waals surface area contributed by atoms with Gasteiger partial charge in [-0.25, -0.2) is 0 Å². The summed E-state index contributed by atoms with van der Waals surface area (Å²) in [7, 11) is 1.83. The Labute approximate surface area is 142 Å². The smallest absolute Gasteiger partial charge is 0.287 e. The lowest BCUT2D eigenvalue weighted by Crippen LogP contribution is -2.30. The number of carbonyl (C=O) groups is 1. The van der Waals surface area contributed by atoms with E-state index in [0.29, 0.717) is 24.7 Å². The molecule has 2 N–H and O–H groups in total. The topological polar surface area (TPSA) is 63.5 Å². The monoisotopic (exact) mass is 338 g/mol. The molecule has 0 spiro atoms. The maximum absolute atomic E-state index is 11.8. The molecule has 0 aliphatic heterocycles. The minimum atomic E-state index is -0.215. The van der Waals surface area contributed by atoms with Gasteiger partial charge in [0.05, 0.1) is 0 Å². The van der Waals surface area contributed by atoms with Crippen molar-refractivity contribution in [3.8, 4) is 5.75 Å². The van der Waals surface area contributed by atoms with E-state index in [9.17, 15) is 4.79 Å². The summed E-state index contributed by atoms with van der Waals surface area (Å²) in [4.78, 5) is 11.8. The van der Waals surface area contributed by atoms with Crippen molar-refractivity contribution < 1.29 is 13.9 Å². The minimum Gasteiger partial charge on any atom is -0.485 e. The van der Waals surface area contributed by atoms with E-state index in [1.165, 1.54) is 5.56 Å². The van der Waals surface area contributed by atoms with E-state index >= 15 is 0 Å². The first kappa shape index (κ1) is 19.1. The van der Waals surface area contributed by atoms with Crippen LogP contribution in [-0.4, -0.2) is 26.0 Å². The SMILES string of the molecule is CNCCNC(=O)c1ccc(COc2ccc(C)cc2C)o1.Cl. The molecule has 0 bridgehead atoms. The van der Waals surface area contributed by atoms with Gasteiger partial charge in [-0.15, -0.1) is 12.4 Å². The first-order valence-corrected chi connectivity index (χ1v) is 7.31. The van der Waals surface area contributed by atoms with Crippen LogP contribution in [0.2, 0.25) is 0 Å². The Hall–Kier alpha value is -1.98. The highest BCUT2D eigenvalue weighted by molar-refractivity contribution is 5.91. The van der Waals surface area contributed by atoms with Crippen molar-refractivity contribution in [1.29, 1.82) is 0 Å². The van der Waals surface area contributed by atoms with Gasteiger partial charge >= 0.3 is 0 Å². The highest BCUT2D eigenvalue weighted by Crippen LogP contribution is 2.20. The van der Waals surface area contributed by atoms with Gasteiger partial charge in [0.2, 0.25) is 0 Å². The zero-order valence-electron chi connectivity index (χ0n) is 13.6. The fraction of sp³-hybridized carbons (Fsp3) is 0.353. The molecule has 1 heterocycles. The second kappa shape index (κ2) is 9.22. The number of hydrogen-bond acceptors (Lipinski definition) is 4. The van der Waals surface area contributed by atoms with Crippen LogP contribution in [0.15, 0.2) is 34.7 Å². The lowest BCUT2D eigenvalue weighted by atomic mass is 10.1. The predicted molar refractivity (Wildman–Crippen MR) is 92.5 cm³/mol. The van der Waals surface area contributed by atoms with Gasteiger partial charge in [0.1, 0.15) is 18.1 Å². The van der Waals surface area contributed by atoms with E-state index in [0.717, 1.165) is 17.9 Å². The van der Waals surface area contributed by atoms with E-state index in [2.05, 4.69) is 16.7 Å². The predicted octanol–water partition coefficient (Wildman–Crippen LogP) is 2.85. The lowest BCUT2D eigenvalue weighted by molar-refractivity contribution is 0.0922. The van der Waals surface area contributed by atoms with Crippen molar-refractivity contribution in [1.82, 2.24) is 10.6 Å². The number of nitrogens with one attached hydrogen (secondary N) is 2.